The molecule has 1 saturated carbocycles. The first-order valence-electron chi connectivity index (χ1n) is 11.7. The Morgan fingerprint density at radius 1 is 1.10 bits per heavy atom. The van der Waals surface area contributed by atoms with Crippen LogP contribution in [0.5, 0.6) is 5.75 Å². The van der Waals surface area contributed by atoms with Crippen molar-refractivity contribution in [2.45, 2.75) is 52.5 Å². The number of aryl methyl sites for hydroxylation is 1. The fourth-order valence-electron chi connectivity index (χ4n) is 5.18. The smallest absolute Gasteiger partial charge is 0.223 e. The van der Waals surface area contributed by atoms with E-state index in [2.05, 4.69) is 60.5 Å². The van der Waals surface area contributed by atoms with Crippen molar-refractivity contribution in [3.63, 3.8) is 0 Å². The molecule has 2 aromatic rings. The van der Waals surface area contributed by atoms with Crippen LogP contribution < -0.4 is 10.1 Å². The van der Waals surface area contributed by atoms with Gasteiger partial charge in [-0.05, 0) is 92.8 Å². The van der Waals surface area contributed by atoms with Crippen LogP contribution in [0.1, 0.15) is 47.9 Å². The molecule has 1 atom stereocenters. The molecule has 1 N–H and O–H groups in total. The van der Waals surface area contributed by atoms with E-state index < -0.39 is 0 Å². The number of hydrogen-bond acceptors (Lipinski definition) is 3. The van der Waals surface area contributed by atoms with E-state index in [1.165, 1.54) is 22.3 Å². The van der Waals surface area contributed by atoms with E-state index in [0.717, 1.165) is 64.0 Å². The van der Waals surface area contributed by atoms with Crippen LogP contribution in [0.2, 0.25) is 0 Å². The lowest BCUT2D eigenvalue weighted by atomic mass is 9.90. The molecule has 0 bridgehead atoms. The molecule has 4 rings (SSSR count). The number of benzene rings is 2. The number of rotatable bonds is 8. The van der Waals surface area contributed by atoms with Gasteiger partial charge in [0, 0.05) is 19.0 Å². The van der Waals surface area contributed by atoms with Crippen molar-refractivity contribution in [1.29, 1.82) is 0 Å². The van der Waals surface area contributed by atoms with Gasteiger partial charge in [-0.25, -0.2) is 0 Å². The highest BCUT2D eigenvalue weighted by Crippen LogP contribution is 2.59. The predicted molar refractivity (Wildman–Crippen MR) is 125 cm³/mol. The van der Waals surface area contributed by atoms with Gasteiger partial charge < -0.3 is 10.1 Å². The number of piperidine rings is 1. The Bertz CT molecular complexity index is 901. The first-order valence-corrected chi connectivity index (χ1v) is 11.7. The van der Waals surface area contributed by atoms with Crippen LogP contribution in [0.15, 0.2) is 42.5 Å². The molecule has 2 aromatic carbocycles. The molecule has 2 aliphatic rings. The van der Waals surface area contributed by atoms with Gasteiger partial charge in [-0.3, -0.25) is 9.69 Å². The van der Waals surface area contributed by atoms with E-state index in [9.17, 15) is 4.79 Å². The lowest BCUT2D eigenvalue weighted by molar-refractivity contribution is -0.123. The normalized spacial score (nSPS) is 19.9. The minimum atomic E-state index is 0.233. The van der Waals surface area contributed by atoms with E-state index in [-0.39, 0.29) is 17.2 Å². The Morgan fingerprint density at radius 2 is 1.84 bits per heavy atom. The van der Waals surface area contributed by atoms with Gasteiger partial charge in [-0.15, -0.1) is 0 Å². The highest BCUT2D eigenvalue weighted by molar-refractivity contribution is 5.82. The fourth-order valence-corrected chi connectivity index (χ4v) is 5.18. The van der Waals surface area contributed by atoms with E-state index in [1.54, 1.807) is 7.11 Å². The summed E-state index contributed by atoms with van der Waals surface area (Å²) in [5.74, 6) is 1.48. The Kier molecular flexibility index (Phi) is 6.66. The minimum Gasteiger partial charge on any atom is -0.496 e. The number of ether oxygens (including phenoxy) is 1. The average Bonchev–Trinajstić information content (AvgIpc) is 3.50. The summed E-state index contributed by atoms with van der Waals surface area (Å²) in [7, 11) is 1.73. The molecular formula is C27H36N2O2. The van der Waals surface area contributed by atoms with E-state index in [4.69, 9.17) is 4.74 Å². The van der Waals surface area contributed by atoms with Crippen molar-refractivity contribution >= 4 is 5.91 Å². The molecule has 166 valence electrons. The molecule has 0 aromatic heterocycles. The molecule has 1 aliphatic heterocycles. The van der Waals surface area contributed by atoms with Gasteiger partial charge in [0.05, 0.1) is 7.11 Å². The standard InChI is InChI=1S/C27H36N2O2/c1-20-21(2)25(31-3)12-11-23(20)19-29-16-13-27(14-17-29)18-24(27)26(30)28-15-7-10-22-8-5-4-6-9-22/h4-6,8-9,11-12,24H,7,10,13-19H2,1-3H3,(H,28,30). The lowest BCUT2D eigenvalue weighted by Crippen LogP contribution is -2.37. The third-order valence-electron chi connectivity index (χ3n) is 7.61. The first kappa shape index (κ1) is 21.9. The van der Waals surface area contributed by atoms with Crippen molar-refractivity contribution < 1.29 is 9.53 Å². The van der Waals surface area contributed by atoms with Crippen LogP contribution >= 0.6 is 0 Å². The summed E-state index contributed by atoms with van der Waals surface area (Å²) in [5.41, 5.74) is 5.57. The molecule has 31 heavy (non-hydrogen) atoms. The summed E-state index contributed by atoms with van der Waals surface area (Å²) in [6.07, 6.45) is 5.39. The highest BCUT2D eigenvalue weighted by Gasteiger charge is 2.58. The number of carbonyl (C=O) groups is 1. The third-order valence-corrected chi connectivity index (χ3v) is 7.61. The van der Waals surface area contributed by atoms with E-state index in [1.807, 2.05) is 6.07 Å². The second-order valence-electron chi connectivity index (χ2n) is 9.45. The molecule has 2 fully saturated rings. The van der Waals surface area contributed by atoms with Gasteiger partial charge in [0.1, 0.15) is 5.75 Å². The number of hydrogen-bond donors (Lipinski definition) is 1. The van der Waals surface area contributed by atoms with Crippen LogP contribution in [0, 0.1) is 25.2 Å². The maximum Gasteiger partial charge on any atom is 0.223 e. The highest BCUT2D eigenvalue weighted by atomic mass is 16.5. The molecule has 1 saturated heterocycles. The van der Waals surface area contributed by atoms with Crippen molar-refractivity contribution in [2.75, 3.05) is 26.7 Å². The number of amides is 1. The van der Waals surface area contributed by atoms with Gasteiger partial charge >= 0.3 is 0 Å². The van der Waals surface area contributed by atoms with Crippen LogP contribution in [-0.2, 0) is 17.8 Å². The van der Waals surface area contributed by atoms with E-state index >= 15 is 0 Å². The summed E-state index contributed by atoms with van der Waals surface area (Å²) in [5, 5.41) is 3.20. The van der Waals surface area contributed by atoms with Crippen molar-refractivity contribution in [3.05, 3.63) is 64.7 Å². The maximum absolute atomic E-state index is 12.7. The monoisotopic (exact) mass is 420 g/mol. The van der Waals surface area contributed by atoms with Gasteiger partial charge in [-0.1, -0.05) is 36.4 Å². The van der Waals surface area contributed by atoms with Crippen molar-refractivity contribution in [2.24, 2.45) is 11.3 Å². The topological polar surface area (TPSA) is 41.6 Å². The van der Waals surface area contributed by atoms with Crippen LogP contribution in [0.25, 0.3) is 0 Å². The fraction of sp³-hybridized carbons (Fsp3) is 0.519. The Labute approximate surface area is 187 Å². The number of nitrogens with one attached hydrogen (secondary N) is 1. The second kappa shape index (κ2) is 9.44. The Morgan fingerprint density at radius 3 is 2.55 bits per heavy atom. The van der Waals surface area contributed by atoms with Crippen LogP contribution in [0.3, 0.4) is 0 Å². The van der Waals surface area contributed by atoms with Crippen LogP contribution in [-0.4, -0.2) is 37.6 Å². The number of likely N-dealkylation sites (tertiary alicyclic amines) is 1. The van der Waals surface area contributed by atoms with Gasteiger partial charge in [0.25, 0.3) is 0 Å². The zero-order chi connectivity index (χ0) is 21.8. The largest absolute Gasteiger partial charge is 0.496 e. The van der Waals surface area contributed by atoms with E-state index in [0.29, 0.717) is 0 Å². The molecule has 1 aliphatic carbocycles. The predicted octanol–water partition coefficient (Wildman–Crippen LogP) is 4.66. The SMILES string of the molecule is COc1ccc(CN2CCC3(CC2)CC3C(=O)NCCCc2ccccc2)c(C)c1C. The zero-order valence-electron chi connectivity index (χ0n) is 19.2. The maximum atomic E-state index is 12.7. The summed E-state index contributed by atoms with van der Waals surface area (Å²) in [6.45, 7) is 8.27. The lowest BCUT2D eigenvalue weighted by Gasteiger charge is -2.33. The Balaban J connectivity index is 1.20. The third kappa shape index (κ3) is 4.95. The quantitative estimate of drug-likeness (QED) is 0.632. The molecule has 0 radical (unpaired) electrons. The number of nitrogens with zero attached hydrogens (tertiary/aromatic N) is 1. The molecule has 4 nitrogen and oxygen atoms in total. The Hall–Kier alpha value is -2.33. The van der Waals surface area contributed by atoms with Gasteiger partial charge in [0.15, 0.2) is 0 Å². The molecule has 4 heteroatoms. The molecule has 1 unspecified atom stereocenters. The van der Waals surface area contributed by atoms with Crippen LogP contribution in [0.4, 0.5) is 0 Å². The first-order chi connectivity index (χ1) is 15.0. The minimum absolute atomic E-state index is 0.233. The molecule has 1 heterocycles. The van der Waals surface area contributed by atoms with Crippen molar-refractivity contribution in [3.8, 4) is 5.75 Å². The summed E-state index contributed by atoms with van der Waals surface area (Å²) in [6, 6.07) is 14.8. The van der Waals surface area contributed by atoms with Gasteiger partial charge in [0.2, 0.25) is 5.91 Å². The van der Waals surface area contributed by atoms with Crippen molar-refractivity contribution in [1.82, 2.24) is 10.2 Å². The summed E-state index contributed by atoms with van der Waals surface area (Å²) < 4.78 is 5.45. The summed E-state index contributed by atoms with van der Waals surface area (Å²) >= 11 is 0. The molecule has 1 amide bonds. The second-order valence-corrected chi connectivity index (χ2v) is 9.45. The molecule has 1 spiro atoms. The zero-order valence-corrected chi connectivity index (χ0v) is 19.2. The van der Waals surface area contributed by atoms with Gasteiger partial charge in [-0.2, -0.15) is 0 Å². The number of carbonyl (C=O) groups excluding carboxylic acids is 1. The average molecular weight is 421 g/mol. The number of methoxy groups -OCH3 is 1. The molecular weight excluding hydrogens is 384 g/mol. The summed E-state index contributed by atoms with van der Waals surface area (Å²) in [4.78, 5) is 15.2.